The maximum Gasteiger partial charge on any atom is 0.331 e. The van der Waals surface area contributed by atoms with Gasteiger partial charge in [-0.1, -0.05) is 6.07 Å². The van der Waals surface area contributed by atoms with Crippen molar-refractivity contribution >= 4 is 44.7 Å². The number of nitrogens with zero attached hydrogens (tertiary/aromatic N) is 2. The number of anilines is 1. The largest absolute Gasteiger partial charge is 0.479 e. The second-order valence-corrected chi connectivity index (χ2v) is 6.44. The van der Waals surface area contributed by atoms with Gasteiger partial charge in [-0.15, -0.1) is 22.7 Å². The normalized spacial score (nSPS) is 12.4. The number of rotatable bonds is 4. The molecule has 102 valence electrons. The Balaban J connectivity index is 2.01. The van der Waals surface area contributed by atoms with Gasteiger partial charge >= 0.3 is 5.97 Å². The minimum atomic E-state index is -0.925. The Labute approximate surface area is 122 Å². The Morgan fingerprint density at radius 1 is 1.45 bits per heavy atom. The Kier molecular flexibility index (Phi) is 3.37. The third-order valence-electron chi connectivity index (χ3n) is 2.81. The zero-order chi connectivity index (χ0) is 14.1. The molecule has 2 N–H and O–H groups in total. The highest BCUT2D eigenvalue weighted by molar-refractivity contribution is 7.18. The molecule has 0 aliphatic carbocycles. The Morgan fingerprint density at radius 2 is 2.30 bits per heavy atom. The predicted octanol–water partition coefficient (Wildman–Crippen LogP) is 3.30. The summed E-state index contributed by atoms with van der Waals surface area (Å²) in [7, 11) is 0. The molecule has 20 heavy (non-hydrogen) atoms. The molecule has 0 aromatic carbocycles. The highest BCUT2D eigenvalue weighted by Crippen LogP contribution is 2.30. The van der Waals surface area contributed by atoms with Crippen molar-refractivity contribution in [2.75, 3.05) is 5.32 Å². The van der Waals surface area contributed by atoms with Gasteiger partial charge in [-0.3, -0.25) is 0 Å². The van der Waals surface area contributed by atoms with E-state index >= 15 is 0 Å². The first-order valence-electron chi connectivity index (χ1n) is 5.89. The lowest BCUT2D eigenvalue weighted by Gasteiger charge is -2.13. The van der Waals surface area contributed by atoms with E-state index < -0.39 is 12.0 Å². The fourth-order valence-electron chi connectivity index (χ4n) is 1.94. The summed E-state index contributed by atoms with van der Waals surface area (Å²) in [4.78, 5) is 22.5. The van der Waals surface area contributed by atoms with Crippen LogP contribution >= 0.6 is 22.7 Å². The number of hydrogen-bond donors (Lipinski definition) is 2. The number of hydrogen-bond acceptors (Lipinski definition) is 6. The van der Waals surface area contributed by atoms with Crippen molar-refractivity contribution in [3.63, 3.8) is 0 Å². The number of aliphatic carboxylic acids is 1. The van der Waals surface area contributed by atoms with Crippen LogP contribution < -0.4 is 5.32 Å². The summed E-state index contributed by atoms with van der Waals surface area (Å²) in [6.07, 6.45) is 1.45. The average Bonchev–Trinajstić information content (AvgIpc) is 3.03. The van der Waals surface area contributed by atoms with Crippen molar-refractivity contribution in [1.82, 2.24) is 9.97 Å². The molecular weight excluding hydrogens is 294 g/mol. The van der Waals surface area contributed by atoms with Gasteiger partial charge in [-0.2, -0.15) is 0 Å². The first-order chi connectivity index (χ1) is 9.65. The number of aryl methyl sites for hydroxylation is 1. The number of thiophene rings is 2. The van der Waals surface area contributed by atoms with Crippen molar-refractivity contribution < 1.29 is 9.90 Å². The Morgan fingerprint density at radius 3 is 3.00 bits per heavy atom. The van der Waals surface area contributed by atoms with Gasteiger partial charge in [0.15, 0.2) is 6.04 Å². The number of carbonyl (C=O) groups is 1. The fourth-order valence-corrected chi connectivity index (χ4v) is 3.55. The van der Waals surface area contributed by atoms with Crippen LogP contribution in [0.5, 0.6) is 0 Å². The van der Waals surface area contributed by atoms with Gasteiger partial charge in [0.1, 0.15) is 17.0 Å². The van der Waals surface area contributed by atoms with E-state index in [-0.39, 0.29) is 0 Å². The molecular formula is C13H11N3O2S2. The van der Waals surface area contributed by atoms with E-state index in [9.17, 15) is 9.90 Å². The third kappa shape index (κ3) is 2.37. The summed E-state index contributed by atoms with van der Waals surface area (Å²) in [6.45, 7) is 1.99. The minimum Gasteiger partial charge on any atom is -0.479 e. The van der Waals surface area contributed by atoms with Crippen LogP contribution in [0.4, 0.5) is 5.82 Å². The van der Waals surface area contributed by atoms with Gasteiger partial charge in [0.05, 0.1) is 5.39 Å². The predicted molar refractivity (Wildman–Crippen MR) is 80.5 cm³/mol. The van der Waals surface area contributed by atoms with Crippen LogP contribution in [0.1, 0.15) is 15.8 Å². The van der Waals surface area contributed by atoms with Gasteiger partial charge in [-0.05, 0) is 24.4 Å². The van der Waals surface area contributed by atoms with Crippen molar-refractivity contribution in [2.24, 2.45) is 0 Å². The zero-order valence-electron chi connectivity index (χ0n) is 10.5. The molecule has 0 saturated carbocycles. The average molecular weight is 305 g/mol. The minimum absolute atomic E-state index is 0.556. The lowest BCUT2D eigenvalue weighted by molar-refractivity contribution is -0.138. The molecule has 3 aromatic rings. The van der Waals surface area contributed by atoms with Crippen molar-refractivity contribution in [3.05, 3.63) is 39.7 Å². The second-order valence-electron chi connectivity index (χ2n) is 4.23. The standard InChI is InChI=1S/C13H11N3O2S2/c1-7-5-8-11(14-6-15-12(8)20-7)16-10(13(17)18)9-3-2-4-19-9/h2-6,10H,1H3,(H,17,18)(H,14,15,16). The summed E-state index contributed by atoms with van der Waals surface area (Å²) in [5.74, 6) is -0.369. The van der Waals surface area contributed by atoms with E-state index in [2.05, 4.69) is 15.3 Å². The lowest BCUT2D eigenvalue weighted by Crippen LogP contribution is -2.20. The van der Waals surface area contributed by atoms with Crippen LogP contribution in [0, 0.1) is 6.92 Å². The molecule has 1 unspecified atom stereocenters. The van der Waals surface area contributed by atoms with Crippen LogP contribution in [0.3, 0.4) is 0 Å². The second kappa shape index (κ2) is 5.18. The molecule has 0 amide bonds. The molecule has 3 heterocycles. The monoisotopic (exact) mass is 305 g/mol. The molecule has 7 heteroatoms. The molecule has 0 bridgehead atoms. The Bertz CT molecular complexity index is 752. The summed E-state index contributed by atoms with van der Waals surface area (Å²) < 4.78 is 0. The van der Waals surface area contributed by atoms with Crippen molar-refractivity contribution in [1.29, 1.82) is 0 Å². The molecule has 0 aliphatic heterocycles. The van der Waals surface area contributed by atoms with Crippen LogP contribution in [0.2, 0.25) is 0 Å². The number of aromatic nitrogens is 2. The van der Waals surface area contributed by atoms with Crippen LogP contribution in [-0.4, -0.2) is 21.0 Å². The maximum absolute atomic E-state index is 11.4. The SMILES string of the molecule is Cc1cc2c(NC(C(=O)O)c3cccs3)ncnc2s1. The van der Waals surface area contributed by atoms with Crippen LogP contribution in [0.25, 0.3) is 10.2 Å². The van der Waals surface area contributed by atoms with E-state index in [0.29, 0.717) is 5.82 Å². The Hall–Kier alpha value is -1.99. The summed E-state index contributed by atoms with van der Waals surface area (Å²) in [5.41, 5.74) is 0. The van der Waals surface area contributed by atoms with Gasteiger partial charge in [0.25, 0.3) is 0 Å². The van der Waals surface area contributed by atoms with Crippen LogP contribution in [0.15, 0.2) is 29.9 Å². The first kappa shape index (κ1) is 13.0. The molecule has 1 atom stereocenters. The van der Waals surface area contributed by atoms with Crippen molar-refractivity contribution in [2.45, 2.75) is 13.0 Å². The molecule has 0 fully saturated rings. The maximum atomic E-state index is 11.4. The van der Waals surface area contributed by atoms with Gasteiger partial charge in [0.2, 0.25) is 0 Å². The molecule has 5 nitrogen and oxygen atoms in total. The smallest absolute Gasteiger partial charge is 0.331 e. The number of carboxylic acid groups (broad SMARTS) is 1. The summed E-state index contributed by atoms with van der Waals surface area (Å²) in [5, 5.41) is 15.1. The summed E-state index contributed by atoms with van der Waals surface area (Å²) >= 11 is 2.97. The first-order valence-corrected chi connectivity index (χ1v) is 7.58. The number of nitrogens with one attached hydrogen (secondary N) is 1. The third-order valence-corrected chi connectivity index (χ3v) is 4.70. The quantitative estimate of drug-likeness (QED) is 0.773. The van der Waals surface area contributed by atoms with E-state index in [1.807, 2.05) is 24.4 Å². The van der Waals surface area contributed by atoms with E-state index in [4.69, 9.17) is 0 Å². The summed E-state index contributed by atoms with van der Waals surface area (Å²) in [6, 6.07) is 4.80. The molecule has 0 aliphatic rings. The fraction of sp³-hybridized carbons (Fsp3) is 0.154. The number of carboxylic acids is 1. The molecule has 3 aromatic heterocycles. The van der Waals surface area contributed by atoms with Crippen molar-refractivity contribution in [3.8, 4) is 0 Å². The molecule has 0 saturated heterocycles. The molecule has 0 spiro atoms. The van der Waals surface area contributed by atoms with Gasteiger partial charge < -0.3 is 10.4 Å². The van der Waals surface area contributed by atoms with E-state index in [0.717, 1.165) is 20.0 Å². The van der Waals surface area contributed by atoms with E-state index in [1.54, 1.807) is 17.4 Å². The highest BCUT2D eigenvalue weighted by Gasteiger charge is 2.22. The molecule has 0 radical (unpaired) electrons. The molecule has 3 rings (SSSR count). The number of fused-ring (bicyclic) bond motifs is 1. The van der Waals surface area contributed by atoms with Crippen LogP contribution in [-0.2, 0) is 4.79 Å². The zero-order valence-corrected chi connectivity index (χ0v) is 12.2. The van der Waals surface area contributed by atoms with Gasteiger partial charge in [-0.25, -0.2) is 14.8 Å². The van der Waals surface area contributed by atoms with E-state index in [1.165, 1.54) is 17.7 Å². The lowest BCUT2D eigenvalue weighted by atomic mass is 10.2. The topological polar surface area (TPSA) is 75.1 Å². The highest BCUT2D eigenvalue weighted by atomic mass is 32.1. The van der Waals surface area contributed by atoms with Gasteiger partial charge in [0, 0.05) is 9.75 Å².